The van der Waals surface area contributed by atoms with Gasteiger partial charge in [-0.1, -0.05) is 190 Å². The number of nitrogens with zero attached hydrogens (tertiary/aromatic N) is 21. The molecule has 132 heavy (non-hydrogen) atoms. The lowest BCUT2D eigenvalue weighted by Crippen LogP contribution is -2.19. The normalized spacial score (nSPS) is 11.3. The van der Waals surface area contributed by atoms with E-state index >= 15 is 0 Å². The summed E-state index contributed by atoms with van der Waals surface area (Å²) in [4.78, 5) is 131. The number of ether oxygens (including phenoxy) is 7. The van der Waals surface area contributed by atoms with Crippen molar-refractivity contribution in [1.82, 2.24) is 150 Å². The molecule has 0 amide bonds. The fraction of sp³-hybridized carbons (Fsp3) is 0.258. The number of aromatic amines is 9. The summed E-state index contributed by atoms with van der Waals surface area (Å²) in [6, 6.07) is 43.4. The van der Waals surface area contributed by atoms with Crippen LogP contribution in [0.3, 0.4) is 0 Å². The van der Waals surface area contributed by atoms with Gasteiger partial charge >= 0.3 is 5.69 Å². The van der Waals surface area contributed by atoms with Gasteiger partial charge in [-0.25, -0.2) is 74.6 Å². The van der Waals surface area contributed by atoms with Crippen molar-refractivity contribution in [2.24, 2.45) is 11.8 Å². The quantitative estimate of drug-likeness (QED) is 0.0257. The molecule has 39 nitrogen and oxygen atoms in total. The zero-order valence-corrected chi connectivity index (χ0v) is 74.4. The van der Waals surface area contributed by atoms with Crippen LogP contribution < -0.4 is 44.4 Å². The molecule has 9 N–H and O–H groups in total. The molecule has 0 aliphatic heterocycles. The molecule has 0 aliphatic carbocycles. The van der Waals surface area contributed by atoms with Crippen LogP contribution in [0.15, 0.2) is 238 Å². The molecule has 0 fully saturated rings. The Bertz CT molecular complexity index is 7010. The lowest BCUT2D eigenvalue weighted by molar-refractivity contribution is 0.228. The predicted octanol–water partition coefficient (Wildman–Crippen LogP) is 16.4. The molecule has 15 aromatic heterocycles. The Morgan fingerprint density at radius 3 is 1.14 bits per heavy atom. The van der Waals surface area contributed by atoms with Crippen LogP contribution in [0.5, 0.6) is 52.7 Å². The van der Waals surface area contributed by atoms with Crippen LogP contribution in [0.1, 0.15) is 126 Å². The van der Waals surface area contributed by atoms with Crippen LogP contribution >= 0.6 is 0 Å². The first-order chi connectivity index (χ1) is 64.4. The van der Waals surface area contributed by atoms with E-state index in [0.29, 0.717) is 137 Å². The first-order valence-corrected chi connectivity index (χ1v) is 42.6. The number of rotatable bonds is 25. The van der Waals surface area contributed by atoms with Crippen LogP contribution in [0.4, 0.5) is 0 Å². The summed E-state index contributed by atoms with van der Waals surface area (Å²) in [5, 5.41) is 0. The van der Waals surface area contributed by atoms with Crippen molar-refractivity contribution in [2.75, 3.05) is 13.2 Å². The molecule has 2 unspecified atom stereocenters. The highest BCUT2D eigenvalue weighted by Gasteiger charge is 2.18. The number of imidazole rings is 7. The highest BCUT2D eigenvalue weighted by atomic mass is 16.5. The Kier molecular flexibility index (Phi) is 33.2. The Morgan fingerprint density at radius 1 is 0.356 bits per heavy atom. The van der Waals surface area contributed by atoms with E-state index in [-0.39, 0.29) is 11.0 Å². The van der Waals surface area contributed by atoms with Crippen molar-refractivity contribution < 1.29 is 33.2 Å². The van der Waals surface area contributed by atoms with Gasteiger partial charge in [0.25, 0.3) is 5.56 Å². The van der Waals surface area contributed by atoms with E-state index in [4.69, 9.17) is 33.2 Å². The number of nitrogens with one attached hydrogen (secondary N) is 9. The molecule has 0 radical (unpaired) electrons. The Morgan fingerprint density at radius 2 is 0.750 bits per heavy atom. The third-order valence-electron chi connectivity index (χ3n) is 20.0. The fourth-order valence-electron chi connectivity index (χ4n) is 12.3. The molecule has 0 aliphatic rings. The van der Waals surface area contributed by atoms with Crippen LogP contribution in [0.25, 0.3) is 78.1 Å². The number of hydrogen-bond donors (Lipinski definition) is 9. The van der Waals surface area contributed by atoms with Gasteiger partial charge in [0.1, 0.15) is 114 Å². The average Bonchev–Trinajstić information content (AvgIpc) is 1.59. The number of para-hydroxylation sites is 1. The van der Waals surface area contributed by atoms with Gasteiger partial charge in [0.05, 0.1) is 57.5 Å². The zero-order valence-electron chi connectivity index (χ0n) is 74.4. The maximum absolute atomic E-state index is 10.2. The van der Waals surface area contributed by atoms with E-state index in [0.717, 1.165) is 75.0 Å². The monoisotopic (exact) mass is 1780 g/mol. The minimum atomic E-state index is -0.475. The van der Waals surface area contributed by atoms with E-state index in [9.17, 15) is 9.59 Å². The van der Waals surface area contributed by atoms with Gasteiger partial charge in [-0.05, 0) is 102 Å². The van der Waals surface area contributed by atoms with Crippen LogP contribution in [-0.4, -0.2) is 163 Å². The van der Waals surface area contributed by atoms with Crippen molar-refractivity contribution in [3.05, 3.63) is 288 Å². The maximum Gasteiger partial charge on any atom is 0.325 e. The number of H-pyrrole nitrogens is 9. The smallest absolute Gasteiger partial charge is 0.325 e. The molecule has 0 saturated heterocycles. The second-order valence-corrected chi connectivity index (χ2v) is 30.6. The highest BCUT2D eigenvalue weighted by Crippen LogP contribution is 2.31. The Labute approximate surface area is 755 Å². The number of benzene rings is 5. The lowest BCUT2D eigenvalue weighted by atomic mass is 9.87. The zero-order chi connectivity index (χ0) is 92.2. The number of aryl methyl sites for hydroxylation is 3. The molecule has 39 heteroatoms. The first-order valence-electron chi connectivity index (χ1n) is 42.6. The molecular formula is C93H100N30O9. The second-order valence-electron chi connectivity index (χ2n) is 30.6. The molecule has 20 rings (SSSR count). The lowest BCUT2D eigenvalue weighted by Gasteiger charge is -2.19. The number of hydrogen-bond acceptors (Lipinski definition) is 30. The summed E-state index contributed by atoms with van der Waals surface area (Å²) >= 11 is 0. The summed E-state index contributed by atoms with van der Waals surface area (Å²) in [5.74, 6) is 6.33. The van der Waals surface area contributed by atoms with Gasteiger partial charge in [-0.2, -0.15) is 34.9 Å². The number of fused-ring (bicyclic) bond motifs is 7. The van der Waals surface area contributed by atoms with E-state index in [1.807, 2.05) is 77.8 Å². The maximum atomic E-state index is 10.2. The predicted molar refractivity (Wildman–Crippen MR) is 496 cm³/mol. The van der Waals surface area contributed by atoms with E-state index in [1.165, 1.54) is 98.1 Å². The number of unbranched alkanes of at least 4 members (excludes halogenated alkanes) is 1. The molecule has 0 bridgehead atoms. The van der Waals surface area contributed by atoms with E-state index in [2.05, 4.69) is 268 Å². The summed E-state index contributed by atoms with van der Waals surface area (Å²) in [6.07, 6.45) is 29.6. The third-order valence-corrected chi connectivity index (χ3v) is 20.0. The topological polar surface area (TPSA) is 512 Å². The van der Waals surface area contributed by atoms with Crippen molar-refractivity contribution in [2.45, 2.75) is 133 Å². The van der Waals surface area contributed by atoms with Gasteiger partial charge in [0.15, 0.2) is 39.5 Å². The van der Waals surface area contributed by atoms with Crippen molar-refractivity contribution in [1.29, 1.82) is 0 Å². The highest BCUT2D eigenvalue weighted by molar-refractivity contribution is 5.79. The summed E-state index contributed by atoms with van der Waals surface area (Å²) in [5.41, 5.74) is 17.1. The van der Waals surface area contributed by atoms with E-state index in [1.54, 1.807) is 44.3 Å². The van der Waals surface area contributed by atoms with Gasteiger partial charge in [0, 0.05) is 12.3 Å². The molecule has 15 heterocycles. The number of aromatic nitrogens is 30. The summed E-state index contributed by atoms with van der Waals surface area (Å²) in [6.45, 7) is 24.3. The van der Waals surface area contributed by atoms with Crippen LogP contribution in [0, 0.1) is 25.7 Å². The summed E-state index contributed by atoms with van der Waals surface area (Å²) < 4.78 is 40.0. The SMILES string of the molecule is CC(C)(C)c1ccc(Oc2ncnc3nc[nH]c23)cc1.CCC(C)COc1ncnc2nc[nH]c12.CCCCC(CC)COc1ncnc2nc[nH]c12.CCc1ccc(COc2ncnc3nc[nH]c23)cc1.Cc1cccc(COc2ncnc3nc[nH]c23)c1.Cc1ccccc1COc1ncnc2nc[nH]c12.O=c1cc[nH]c(=O)[nH]1.c1ccc(Oc2ncnc3nc[nH]c23)cc1. The van der Waals surface area contributed by atoms with Crippen molar-refractivity contribution in [3.8, 4) is 52.7 Å². The standard InChI is InChI=1S/C15H16N4O.C14H14N4O.2C13H12N4O.C13H20N4O.C11H8N4O.C10H14N4O.C4H4N2O2/c1-15(2,3)10-4-6-11(7-5-10)20-14-12-13(17-8-16-12)18-9-19-14;1-2-10-3-5-11(6-4-10)7-19-14-12-13(16-8-15-12)17-9-18-14;1-9-3-2-4-10(5-9)6-18-13-11-12(15-7-14-11)16-8-17-13;1-9-4-2-3-5-10(9)6-18-13-11-12(15-7-14-11)16-8-17-13;1-3-5-6-10(4-2)7-18-13-11-12(15-8-14-11)16-9-17-13;1-2-4-8(5-3-1)16-11-9-10(13-6-12-9)14-7-15-11;1-3-7(2)4-15-10-8-9(12-5-11-8)13-6-14-10;7-3-1-2-5-4(8)6-3/h4-9H,1-3H3,(H,16,17,18,19);3-6,8-9H,2,7H2,1H3,(H,15,16,17,18);2*2-5,7-8H,6H2,1H3,(H,14,15,16,17);8-10H,3-7H2,1-2H3,(H,14,15,16,17);1-7H,(H,12,13,14,15);5-7H,3-4H2,1-2H3,(H,11,12,13,14);1-2H,(H2,5,6,7,8). The molecule has 676 valence electrons. The largest absolute Gasteiger partial charge is 0.476 e. The molecule has 5 aromatic carbocycles. The first kappa shape index (κ1) is 92.9. The van der Waals surface area contributed by atoms with Gasteiger partial charge in [-0.3, -0.25) is 9.78 Å². The van der Waals surface area contributed by atoms with Gasteiger partial charge in [-0.15, -0.1) is 0 Å². The van der Waals surface area contributed by atoms with E-state index < -0.39 is 5.69 Å². The molecule has 0 spiro atoms. The van der Waals surface area contributed by atoms with Crippen LogP contribution in [0.2, 0.25) is 0 Å². The second kappa shape index (κ2) is 47.2. The molecular weight excluding hydrogens is 1680 g/mol. The van der Waals surface area contributed by atoms with Crippen LogP contribution in [-0.2, 0) is 31.7 Å². The minimum Gasteiger partial charge on any atom is -0.476 e. The molecule has 0 saturated carbocycles. The fourth-order valence-corrected chi connectivity index (χ4v) is 12.3. The Hall–Kier alpha value is -16.8. The van der Waals surface area contributed by atoms with Crippen molar-refractivity contribution in [3.63, 3.8) is 0 Å². The summed E-state index contributed by atoms with van der Waals surface area (Å²) in [7, 11) is 0. The molecule has 20 aromatic rings. The van der Waals surface area contributed by atoms with Gasteiger partial charge < -0.3 is 73.0 Å². The Balaban J connectivity index is 0.000000129. The van der Waals surface area contributed by atoms with Crippen molar-refractivity contribution >= 4 is 78.1 Å². The molecule has 2 atom stereocenters. The average molecular weight is 1780 g/mol. The minimum absolute atomic E-state index is 0.129. The third kappa shape index (κ3) is 26.7. The van der Waals surface area contributed by atoms with Gasteiger partial charge in [0.2, 0.25) is 41.2 Å².